The molecule has 0 radical (unpaired) electrons. The van der Waals surface area contributed by atoms with E-state index in [9.17, 15) is 14.4 Å². The first-order valence-corrected chi connectivity index (χ1v) is 5.18. The molecule has 2 rings (SSSR count). The summed E-state index contributed by atoms with van der Waals surface area (Å²) in [5.41, 5.74) is -0.211. The fourth-order valence-corrected chi connectivity index (χ4v) is 2.48. The summed E-state index contributed by atoms with van der Waals surface area (Å²) >= 11 is 0.756. The summed E-state index contributed by atoms with van der Waals surface area (Å²) < 4.78 is 4.88. The van der Waals surface area contributed by atoms with Crippen LogP contribution in [0.5, 0.6) is 0 Å². The van der Waals surface area contributed by atoms with Crippen LogP contribution in [0.3, 0.4) is 0 Å². The minimum atomic E-state index is -0.513. The molecule has 15 heavy (non-hydrogen) atoms. The number of carbonyl (C=O) groups is 3. The summed E-state index contributed by atoms with van der Waals surface area (Å²) in [5, 5.41) is 1.68. The molecule has 6 heteroatoms. The second kappa shape index (κ2) is 3.10. The number of esters is 1. The molecule has 0 spiro atoms. The van der Waals surface area contributed by atoms with Gasteiger partial charge in [0.15, 0.2) is 0 Å². The van der Waals surface area contributed by atoms with E-state index in [-0.39, 0.29) is 11.5 Å². The van der Waals surface area contributed by atoms with E-state index in [1.54, 1.807) is 13.8 Å². The Morgan fingerprint density at radius 1 is 1.33 bits per heavy atom. The summed E-state index contributed by atoms with van der Waals surface area (Å²) in [6, 6.07) is 0. The van der Waals surface area contributed by atoms with Crippen LogP contribution in [-0.2, 0) is 14.3 Å². The lowest BCUT2D eigenvalue weighted by Gasteiger charge is -2.14. The van der Waals surface area contributed by atoms with E-state index in [4.69, 9.17) is 4.74 Å². The molecule has 0 bridgehead atoms. The summed E-state index contributed by atoms with van der Waals surface area (Å²) in [7, 11) is 0. The number of amides is 2. The average Bonchev–Trinajstić information content (AvgIpc) is 2.54. The van der Waals surface area contributed by atoms with Crippen molar-refractivity contribution < 1.29 is 19.1 Å². The molecular formula is C9H9NO4S. The van der Waals surface area contributed by atoms with Gasteiger partial charge in [-0.1, -0.05) is 13.8 Å². The molecule has 0 saturated carbocycles. The fraction of sp³-hybridized carbons (Fsp3) is 0.444. The maximum absolute atomic E-state index is 11.4. The van der Waals surface area contributed by atoms with Crippen LogP contribution in [0.4, 0.5) is 4.79 Å². The summed E-state index contributed by atoms with van der Waals surface area (Å²) in [6.45, 7) is 3.85. The second-order valence-corrected chi connectivity index (χ2v) is 4.99. The zero-order chi connectivity index (χ0) is 11.2. The molecular weight excluding hydrogens is 218 g/mol. The highest BCUT2D eigenvalue weighted by molar-refractivity contribution is 8.18. The fourth-order valence-electron chi connectivity index (χ4n) is 1.55. The Bertz CT molecular complexity index is 410. The highest BCUT2D eigenvalue weighted by Crippen LogP contribution is 2.40. The minimum absolute atomic E-state index is 0.174. The Morgan fingerprint density at radius 3 is 2.40 bits per heavy atom. The van der Waals surface area contributed by atoms with Crippen molar-refractivity contribution in [2.24, 2.45) is 5.41 Å². The van der Waals surface area contributed by atoms with Gasteiger partial charge >= 0.3 is 5.97 Å². The Labute approximate surface area is 90.2 Å². The second-order valence-electron chi connectivity index (χ2n) is 4.01. The molecule has 1 N–H and O–H groups in total. The molecule has 2 aliphatic heterocycles. The normalized spacial score (nSPS) is 29.3. The maximum Gasteiger partial charge on any atom is 0.336 e. The van der Waals surface area contributed by atoms with Crippen LogP contribution in [0.2, 0.25) is 0 Å². The van der Waals surface area contributed by atoms with E-state index in [0.717, 1.165) is 11.8 Å². The van der Waals surface area contributed by atoms with E-state index in [1.807, 2.05) is 0 Å². The Kier molecular flexibility index (Phi) is 2.11. The molecule has 80 valence electrons. The van der Waals surface area contributed by atoms with Crippen molar-refractivity contribution in [3.63, 3.8) is 0 Å². The lowest BCUT2D eigenvalue weighted by Crippen LogP contribution is -2.22. The number of hydrogen-bond donors (Lipinski definition) is 1. The molecule has 5 nitrogen and oxygen atoms in total. The van der Waals surface area contributed by atoms with Crippen molar-refractivity contribution in [3.8, 4) is 0 Å². The van der Waals surface area contributed by atoms with Crippen LogP contribution in [0.1, 0.15) is 13.8 Å². The van der Waals surface area contributed by atoms with Gasteiger partial charge in [0.05, 0.1) is 10.5 Å². The van der Waals surface area contributed by atoms with Gasteiger partial charge in [-0.2, -0.15) is 0 Å². The third kappa shape index (κ3) is 1.54. The van der Waals surface area contributed by atoms with Crippen molar-refractivity contribution in [2.45, 2.75) is 13.8 Å². The Morgan fingerprint density at radius 2 is 2.00 bits per heavy atom. The molecule has 2 saturated heterocycles. The van der Waals surface area contributed by atoms with Gasteiger partial charge < -0.3 is 4.74 Å². The molecule has 0 aromatic heterocycles. The number of carbonyl (C=O) groups excluding carboxylic acids is 3. The van der Waals surface area contributed by atoms with E-state index in [1.165, 1.54) is 0 Å². The number of hydrogen-bond acceptors (Lipinski definition) is 5. The van der Waals surface area contributed by atoms with Crippen molar-refractivity contribution in [2.75, 3.05) is 6.61 Å². The van der Waals surface area contributed by atoms with Crippen molar-refractivity contribution in [1.82, 2.24) is 5.32 Å². The molecule has 0 aromatic carbocycles. The number of thioether (sulfide) groups is 1. The zero-order valence-electron chi connectivity index (χ0n) is 8.25. The first kappa shape index (κ1) is 10.2. The molecule has 2 aliphatic rings. The lowest BCUT2D eigenvalue weighted by molar-refractivity contribution is -0.135. The number of nitrogens with one attached hydrogen (secondary N) is 1. The highest BCUT2D eigenvalue weighted by atomic mass is 32.2. The number of rotatable bonds is 0. The summed E-state index contributed by atoms with van der Waals surface area (Å²) in [4.78, 5) is 34.0. The molecule has 0 aliphatic carbocycles. The van der Waals surface area contributed by atoms with E-state index in [2.05, 4.69) is 5.32 Å². The summed E-state index contributed by atoms with van der Waals surface area (Å²) in [5.74, 6) is -1.01. The molecule has 0 aromatic rings. The van der Waals surface area contributed by atoms with Crippen molar-refractivity contribution in [1.29, 1.82) is 0 Å². The van der Waals surface area contributed by atoms with Gasteiger partial charge in [-0.15, -0.1) is 0 Å². The van der Waals surface area contributed by atoms with Gasteiger partial charge in [0.2, 0.25) is 0 Å². The maximum atomic E-state index is 11.4. The summed E-state index contributed by atoms with van der Waals surface area (Å²) in [6.07, 6.45) is 0. The zero-order valence-corrected chi connectivity index (χ0v) is 9.06. The third-order valence-corrected chi connectivity index (χ3v) is 3.17. The molecule has 2 amide bonds. The largest absolute Gasteiger partial charge is 0.461 e. The van der Waals surface area contributed by atoms with Gasteiger partial charge in [-0.3, -0.25) is 14.9 Å². The predicted octanol–water partition coefficient (Wildman–Crippen LogP) is 0.806. The Hall–Kier alpha value is -1.30. The predicted molar refractivity (Wildman–Crippen MR) is 52.9 cm³/mol. The smallest absolute Gasteiger partial charge is 0.336 e. The van der Waals surface area contributed by atoms with Gasteiger partial charge in [0.25, 0.3) is 11.1 Å². The topological polar surface area (TPSA) is 72.5 Å². The average molecular weight is 227 g/mol. The lowest BCUT2D eigenvalue weighted by atomic mass is 9.87. The first-order chi connectivity index (χ1) is 6.92. The van der Waals surface area contributed by atoms with Crippen LogP contribution in [-0.4, -0.2) is 23.7 Å². The van der Waals surface area contributed by atoms with Gasteiger partial charge in [0.1, 0.15) is 6.61 Å². The quantitative estimate of drug-likeness (QED) is 0.489. The van der Waals surface area contributed by atoms with Crippen molar-refractivity contribution in [3.05, 3.63) is 10.5 Å². The number of imide groups is 1. The first-order valence-electron chi connectivity index (χ1n) is 4.37. The third-order valence-electron chi connectivity index (χ3n) is 2.29. The molecule has 2 fully saturated rings. The molecule has 2 heterocycles. The number of cyclic esters (lactones) is 1. The molecule has 0 atom stereocenters. The van der Waals surface area contributed by atoms with E-state index >= 15 is 0 Å². The SMILES string of the molecule is CC1(C)COC(=O)C1=C1SC(=O)NC1=O. The van der Waals surface area contributed by atoms with Gasteiger partial charge in [0, 0.05) is 5.41 Å². The highest BCUT2D eigenvalue weighted by Gasteiger charge is 2.44. The van der Waals surface area contributed by atoms with E-state index < -0.39 is 22.5 Å². The Balaban J connectivity index is 2.52. The van der Waals surface area contributed by atoms with Crippen LogP contribution >= 0.6 is 11.8 Å². The monoisotopic (exact) mass is 227 g/mol. The van der Waals surface area contributed by atoms with Crippen molar-refractivity contribution >= 4 is 28.9 Å². The minimum Gasteiger partial charge on any atom is -0.461 e. The van der Waals surface area contributed by atoms with Crippen LogP contribution in [0.15, 0.2) is 10.5 Å². The standard InChI is InChI=1S/C9H9NO4S/c1-9(2)3-14-7(12)4(9)5-6(11)10-8(13)15-5/h3H2,1-2H3,(H,10,11,13). The van der Waals surface area contributed by atoms with Gasteiger partial charge in [-0.25, -0.2) is 4.79 Å². The van der Waals surface area contributed by atoms with Crippen LogP contribution in [0, 0.1) is 5.41 Å². The van der Waals surface area contributed by atoms with Crippen LogP contribution < -0.4 is 5.32 Å². The molecule has 0 unspecified atom stereocenters. The van der Waals surface area contributed by atoms with Crippen LogP contribution in [0.25, 0.3) is 0 Å². The van der Waals surface area contributed by atoms with Gasteiger partial charge in [-0.05, 0) is 11.8 Å². The number of ether oxygens (including phenoxy) is 1. The van der Waals surface area contributed by atoms with E-state index in [0.29, 0.717) is 5.57 Å².